The SMILES string of the molecule is CCOC(=O)c1c(NC(=O)c2cc(F)c(Cl)cc2Cl)sc2c1CCS(=O)(=O)C2. The van der Waals surface area contributed by atoms with E-state index in [0.717, 1.165) is 23.5 Å². The molecule has 0 saturated carbocycles. The van der Waals surface area contributed by atoms with E-state index in [1.807, 2.05) is 0 Å². The number of benzene rings is 1. The average molecular weight is 466 g/mol. The third kappa shape index (κ3) is 4.17. The van der Waals surface area contributed by atoms with Crippen molar-refractivity contribution in [3.63, 3.8) is 0 Å². The van der Waals surface area contributed by atoms with E-state index in [1.165, 1.54) is 0 Å². The molecule has 28 heavy (non-hydrogen) atoms. The predicted molar refractivity (Wildman–Crippen MR) is 106 cm³/mol. The van der Waals surface area contributed by atoms with Crippen molar-refractivity contribution in [2.24, 2.45) is 0 Å². The number of amides is 1. The Hall–Kier alpha value is -1.68. The molecule has 2 aromatic rings. The zero-order valence-corrected chi connectivity index (χ0v) is 17.6. The van der Waals surface area contributed by atoms with Gasteiger partial charge in [-0.2, -0.15) is 0 Å². The summed E-state index contributed by atoms with van der Waals surface area (Å²) in [6.45, 7) is 1.75. The number of carbonyl (C=O) groups is 2. The van der Waals surface area contributed by atoms with Crippen LogP contribution in [0.4, 0.5) is 9.39 Å². The maximum absolute atomic E-state index is 13.7. The Morgan fingerprint density at radius 3 is 2.68 bits per heavy atom. The topological polar surface area (TPSA) is 89.5 Å². The highest BCUT2D eigenvalue weighted by Crippen LogP contribution is 2.39. The number of anilines is 1. The Labute approximate surface area is 174 Å². The summed E-state index contributed by atoms with van der Waals surface area (Å²) in [5.74, 6) is -2.55. The van der Waals surface area contributed by atoms with Gasteiger partial charge in [-0.3, -0.25) is 4.79 Å². The van der Waals surface area contributed by atoms with Crippen LogP contribution in [0.1, 0.15) is 38.1 Å². The number of esters is 1. The van der Waals surface area contributed by atoms with Crippen molar-refractivity contribution >= 4 is 61.3 Å². The molecule has 3 rings (SSSR count). The van der Waals surface area contributed by atoms with Gasteiger partial charge in [0, 0.05) is 4.88 Å². The number of nitrogens with one attached hydrogen (secondary N) is 1. The normalized spacial score (nSPS) is 15.0. The van der Waals surface area contributed by atoms with E-state index >= 15 is 0 Å². The molecule has 1 N–H and O–H groups in total. The largest absolute Gasteiger partial charge is 0.462 e. The molecule has 150 valence electrons. The molecule has 1 aliphatic rings. The predicted octanol–water partition coefficient (Wildman–Crippen LogP) is 4.09. The molecule has 2 heterocycles. The maximum atomic E-state index is 13.7. The van der Waals surface area contributed by atoms with E-state index in [9.17, 15) is 22.4 Å². The van der Waals surface area contributed by atoms with Gasteiger partial charge in [-0.05, 0) is 31.0 Å². The maximum Gasteiger partial charge on any atom is 0.341 e. The number of ether oxygens (including phenoxy) is 1. The fraction of sp³-hybridized carbons (Fsp3) is 0.294. The molecule has 0 bridgehead atoms. The van der Waals surface area contributed by atoms with Gasteiger partial charge >= 0.3 is 5.97 Å². The Morgan fingerprint density at radius 2 is 2.00 bits per heavy atom. The fourth-order valence-corrected chi connectivity index (χ4v) is 6.30. The number of carbonyl (C=O) groups excluding carboxylic acids is 2. The second-order valence-electron chi connectivity index (χ2n) is 5.97. The summed E-state index contributed by atoms with van der Waals surface area (Å²) >= 11 is 12.6. The smallest absolute Gasteiger partial charge is 0.341 e. The molecule has 0 saturated heterocycles. The Kier molecular flexibility index (Phi) is 6.00. The minimum atomic E-state index is -3.28. The lowest BCUT2D eigenvalue weighted by Gasteiger charge is -2.13. The number of thiophene rings is 1. The first-order chi connectivity index (χ1) is 13.1. The standard InChI is InChI=1S/C17H14Cl2FNO5S2/c1-2-26-17(23)14-8-3-4-28(24,25)7-13(8)27-16(14)21-15(22)9-5-12(20)11(19)6-10(9)18/h5-6H,2-4,7H2,1H3,(H,21,22). The molecule has 0 atom stereocenters. The van der Waals surface area contributed by atoms with E-state index < -0.39 is 27.5 Å². The van der Waals surface area contributed by atoms with Crippen LogP contribution in [0.2, 0.25) is 10.0 Å². The van der Waals surface area contributed by atoms with E-state index in [4.69, 9.17) is 27.9 Å². The minimum Gasteiger partial charge on any atom is -0.462 e. The van der Waals surface area contributed by atoms with Crippen LogP contribution >= 0.6 is 34.5 Å². The van der Waals surface area contributed by atoms with Crippen LogP contribution in [0.25, 0.3) is 0 Å². The summed E-state index contributed by atoms with van der Waals surface area (Å²) in [6.07, 6.45) is 0.147. The summed E-state index contributed by atoms with van der Waals surface area (Å²) in [5.41, 5.74) is 0.495. The van der Waals surface area contributed by atoms with E-state index in [0.29, 0.717) is 10.4 Å². The van der Waals surface area contributed by atoms with Crippen LogP contribution < -0.4 is 5.32 Å². The van der Waals surface area contributed by atoms with Crippen LogP contribution in [-0.4, -0.2) is 32.7 Å². The van der Waals surface area contributed by atoms with Crippen LogP contribution in [0.5, 0.6) is 0 Å². The first-order valence-electron chi connectivity index (χ1n) is 8.11. The molecule has 11 heteroatoms. The Bertz CT molecular complexity index is 1080. The summed E-state index contributed by atoms with van der Waals surface area (Å²) in [6, 6.07) is 1.99. The lowest BCUT2D eigenvalue weighted by Crippen LogP contribution is -2.20. The summed E-state index contributed by atoms with van der Waals surface area (Å²) in [5, 5.41) is 2.37. The fourth-order valence-electron chi connectivity index (χ4n) is 2.80. The minimum absolute atomic E-state index is 0.0644. The number of hydrogen-bond donors (Lipinski definition) is 1. The van der Waals surface area contributed by atoms with Crippen molar-refractivity contribution in [3.8, 4) is 0 Å². The highest BCUT2D eigenvalue weighted by Gasteiger charge is 2.32. The van der Waals surface area contributed by atoms with Crippen molar-refractivity contribution in [1.29, 1.82) is 0 Å². The molecule has 1 aromatic carbocycles. The highest BCUT2D eigenvalue weighted by molar-refractivity contribution is 7.90. The lowest BCUT2D eigenvalue weighted by atomic mass is 10.1. The second-order valence-corrected chi connectivity index (χ2v) is 10.1. The molecular formula is C17H14Cl2FNO5S2. The molecule has 6 nitrogen and oxygen atoms in total. The lowest BCUT2D eigenvalue weighted by molar-refractivity contribution is 0.0527. The molecule has 1 amide bonds. The quantitative estimate of drug-likeness (QED) is 0.542. The van der Waals surface area contributed by atoms with Gasteiger partial charge in [0.2, 0.25) is 0 Å². The van der Waals surface area contributed by atoms with Crippen LogP contribution in [0.15, 0.2) is 12.1 Å². The van der Waals surface area contributed by atoms with Gasteiger partial charge < -0.3 is 10.1 Å². The molecule has 0 fully saturated rings. The second kappa shape index (κ2) is 7.98. The molecule has 0 aliphatic carbocycles. The van der Waals surface area contributed by atoms with Gasteiger partial charge in [-0.25, -0.2) is 17.6 Å². The van der Waals surface area contributed by atoms with Crippen molar-refractivity contribution in [2.45, 2.75) is 19.1 Å². The third-order valence-corrected chi connectivity index (χ3v) is 7.55. The summed E-state index contributed by atoms with van der Waals surface area (Å²) in [4.78, 5) is 25.5. The first-order valence-corrected chi connectivity index (χ1v) is 11.5. The first kappa shape index (κ1) is 21.0. The van der Waals surface area contributed by atoms with Crippen LogP contribution in [-0.2, 0) is 26.7 Å². The Morgan fingerprint density at radius 1 is 1.29 bits per heavy atom. The molecule has 0 unspecified atom stereocenters. The molecular weight excluding hydrogens is 452 g/mol. The van der Waals surface area contributed by atoms with Gasteiger partial charge in [0.15, 0.2) is 9.84 Å². The van der Waals surface area contributed by atoms with Gasteiger partial charge in [0.25, 0.3) is 5.91 Å². The van der Waals surface area contributed by atoms with Gasteiger partial charge in [-0.15, -0.1) is 11.3 Å². The van der Waals surface area contributed by atoms with Crippen molar-refractivity contribution in [3.05, 3.63) is 49.6 Å². The number of rotatable bonds is 4. The number of halogens is 3. The number of sulfone groups is 1. The molecule has 0 radical (unpaired) electrons. The summed E-state index contributed by atoms with van der Waals surface area (Å²) < 4.78 is 42.6. The molecule has 1 aromatic heterocycles. The zero-order valence-electron chi connectivity index (χ0n) is 14.5. The van der Waals surface area contributed by atoms with Crippen molar-refractivity contribution < 1.29 is 27.1 Å². The van der Waals surface area contributed by atoms with Crippen molar-refractivity contribution in [2.75, 3.05) is 17.7 Å². The van der Waals surface area contributed by atoms with Crippen molar-refractivity contribution in [1.82, 2.24) is 0 Å². The average Bonchev–Trinajstić information content (AvgIpc) is 2.93. The Balaban J connectivity index is 2.02. The number of hydrogen-bond acceptors (Lipinski definition) is 6. The molecule has 0 spiro atoms. The molecule has 1 aliphatic heterocycles. The summed E-state index contributed by atoms with van der Waals surface area (Å²) in [7, 11) is -3.28. The van der Waals surface area contributed by atoms with Gasteiger partial charge in [0.05, 0.1) is 39.3 Å². The number of fused-ring (bicyclic) bond motifs is 1. The van der Waals surface area contributed by atoms with Gasteiger partial charge in [0.1, 0.15) is 10.8 Å². The van der Waals surface area contributed by atoms with E-state index in [-0.39, 0.29) is 50.7 Å². The van der Waals surface area contributed by atoms with Crippen LogP contribution in [0.3, 0.4) is 0 Å². The zero-order chi connectivity index (χ0) is 20.6. The monoisotopic (exact) mass is 465 g/mol. The van der Waals surface area contributed by atoms with Crippen LogP contribution in [0, 0.1) is 5.82 Å². The highest BCUT2D eigenvalue weighted by atomic mass is 35.5. The van der Waals surface area contributed by atoms with E-state index in [2.05, 4.69) is 5.32 Å². The third-order valence-electron chi connectivity index (χ3n) is 4.07. The van der Waals surface area contributed by atoms with E-state index in [1.54, 1.807) is 6.92 Å². The van der Waals surface area contributed by atoms with Gasteiger partial charge in [-0.1, -0.05) is 23.2 Å².